The van der Waals surface area contributed by atoms with Crippen LogP contribution in [-0.2, 0) is 0 Å². The van der Waals surface area contributed by atoms with E-state index < -0.39 is 0 Å². The van der Waals surface area contributed by atoms with Gasteiger partial charge < -0.3 is 11.1 Å². The monoisotopic (exact) mass is 289 g/mol. The summed E-state index contributed by atoms with van der Waals surface area (Å²) in [6.07, 6.45) is 0. The number of carbonyl (C=O) groups is 1. The zero-order valence-corrected chi connectivity index (χ0v) is 12.1. The average Bonchev–Trinajstić information content (AvgIpc) is 2.37. The number of rotatable bonds is 3. The third-order valence-corrected chi connectivity index (χ3v) is 3.08. The first-order valence-electron chi connectivity index (χ1n) is 6.30. The quantitative estimate of drug-likeness (QED) is 0.847. The largest absolute Gasteiger partial charge is 0.384 e. The van der Waals surface area contributed by atoms with E-state index in [9.17, 15) is 4.79 Å². The maximum absolute atomic E-state index is 12.1. The lowest BCUT2D eigenvalue weighted by atomic mass is 10.0. The molecule has 2 rings (SSSR count). The first kappa shape index (κ1) is 14.3. The van der Waals surface area contributed by atoms with Gasteiger partial charge in [-0.15, -0.1) is 0 Å². The number of nitrogens with one attached hydrogen (secondary N) is 1. The standard InChI is InChI=1S/C15H16ClN3O/c1-9(2)10-4-3-5-12(6-10)18-15(20)11-7-13(16)19-14(17)8-11/h3-9H,1-2H3,(H2,17,19)(H,18,20). The predicted molar refractivity (Wildman–Crippen MR) is 82.1 cm³/mol. The fraction of sp³-hybridized carbons (Fsp3) is 0.200. The second-order valence-electron chi connectivity index (χ2n) is 4.84. The minimum atomic E-state index is -0.262. The first-order chi connectivity index (χ1) is 9.45. The zero-order valence-electron chi connectivity index (χ0n) is 11.4. The Morgan fingerprint density at radius 1 is 1.30 bits per heavy atom. The van der Waals surface area contributed by atoms with Gasteiger partial charge in [-0.25, -0.2) is 4.98 Å². The Kier molecular flexibility index (Phi) is 4.25. The molecule has 0 spiro atoms. The molecule has 1 amide bonds. The molecule has 3 N–H and O–H groups in total. The van der Waals surface area contributed by atoms with Crippen molar-refractivity contribution >= 4 is 29.0 Å². The number of nitrogens with zero attached hydrogens (tertiary/aromatic N) is 1. The van der Waals surface area contributed by atoms with Gasteiger partial charge in [-0.1, -0.05) is 37.6 Å². The number of aromatic nitrogens is 1. The van der Waals surface area contributed by atoms with Gasteiger partial charge in [-0.3, -0.25) is 4.79 Å². The zero-order chi connectivity index (χ0) is 14.7. The van der Waals surface area contributed by atoms with E-state index in [2.05, 4.69) is 24.1 Å². The Balaban J connectivity index is 2.21. The van der Waals surface area contributed by atoms with Crippen LogP contribution in [0, 0.1) is 0 Å². The van der Waals surface area contributed by atoms with Crippen molar-refractivity contribution < 1.29 is 4.79 Å². The molecule has 1 aromatic heterocycles. The van der Waals surface area contributed by atoms with Crippen LogP contribution in [0.2, 0.25) is 5.15 Å². The Morgan fingerprint density at radius 2 is 2.05 bits per heavy atom. The lowest BCUT2D eigenvalue weighted by molar-refractivity contribution is 0.102. The molecule has 4 nitrogen and oxygen atoms in total. The number of benzene rings is 1. The average molecular weight is 290 g/mol. The third-order valence-electron chi connectivity index (χ3n) is 2.89. The molecule has 0 aliphatic carbocycles. The summed E-state index contributed by atoms with van der Waals surface area (Å²) in [5.74, 6) is 0.360. The van der Waals surface area contributed by atoms with Gasteiger partial charge in [0.2, 0.25) is 0 Å². The molecule has 0 atom stereocenters. The van der Waals surface area contributed by atoms with Crippen LogP contribution in [0.15, 0.2) is 36.4 Å². The molecule has 0 fully saturated rings. The van der Waals surface area contributed by atoms with Crippen molar-refractivity contribution in [2.45, 2.75) is 19.8 Å². The topological polar surface area (TPSA) is 68.0 Å². The lowest BCUT2D eigenvalue weighted by Gasteiger charge is -2.10. The van der Waals surface area contributed by atoms with Gasteiger partial charge in [0.1, 0.15) is 11.0 Å². The molecule has 0 aliphatic heterocycles. The number of hydrogen-bond acceptors (Lipinski definition) is 3. The van der Waals surface area contributed by atoms with Crippen LogP contribution in [0.1, 0.15) is 35.7 Å². The first-order valence-corrected chi connectivity index (χ1v) is 6.68. The molecule has 2 aromatic rings. The molecular weight excluding hydrogens is 274 g/mol. The summed E-state index contributed by atoms with van der Waals surface area (Å²) >= 11 is 5.79. The van der Waals surface area contributed by atoms with Crippen LogP contribution in [-0.4, -0.2) is 10.9 Å². The van der Waals surface area contributed by atoms with Gasteiger partial charge in [-0.05, 0) is 35.7 Å². The van der Waals surface area contributed by atoms with E-state index in [4.69, 9.17) is 17.3 Å². The third kappa shape index (κ3) is 3.48. The van der Waals surface area contributed by atoms with Gasteiger partial charge in [0.15, 0.2) is 0 Å². The van der Waals surface area contributed by atoms with E-state index in [1.54, 1.807) is 0 Å². The molecule has 5 heteroatoms. The van der Waals surface area contributed by atoms with E-state index in [1.807, 2.05) is 24.3 Å². The highest BCUT2D eigenvalue weighted by Gasteiger charge is 2.09. The van der Waals surface area contributed by atoms with Crippen LogP contribution in [0.3, 0.4) is 0 Å². The highest BCUT2D eigenvalue weighted by Crippen LogP contribution is 2.20. The smallest absolute Gasteiger partial charge is 0.255 e. The van der Waals surface area contributed by atoms with Crippen molar-refractivity contribution in [1.29, 1.82) is 0 Å². The number of halogens is 1. The minimum absolute atomic E-state index is 0.200. The Hall–Kier alpha value is -2.07. The van der Waals surface area contributed by atoms with Crippen LogP contribution in [0.25, 0.3) is 0 Å². The summed E-state index contributed by atoms with van der Waals surface area (Å²) in [5, 5.41) is 3.03. The summed E-state index contributed by atoms with van der Waals surface area (Å²) in [7, 11) is 0. The van der Waals surface area contributed by atoms with Crippen LogP contribution in [0.5, 0.6) is 0 Å². The van der Waals surface area contributed by atoms with Gasteiger partial charge in [0, 0.05) is 11.3 Å². The van der Waals surface area contributed by atoms with E-state index in [-0.39, 0.29) is 16.9 Å². The highest BCUT2D eigenvalue weighted by molar-refractivity contribution is 6.30. The van der Waals surface area contributed by atoms with Crippen molar-refractivity contribution in [3.05, 3.63) is 52.7 Å². The second kappa shape index (κ2) is 5.92. The second-order valence-corrected chi connectivity index (χ2v) is 5.22. The van der Waals surface area contributed by atoms with Crippen molar-refractivity contribution in [3.8, 4) is 0 Å². The van der Waals surface area contributed by atoms with Crippen LogP contribution in [0.4, 0.5) is 11.5 Å². The van der Waals surface area contributed by atoms with Crippen molar-refractivity contribution in [3.63, 3.8) is 0 Å². The van der Waals surface area contributed by atoms with E-state index >= 15 is 0 Å². The molecule has 0 bridgehead atoms. The fourth-order valence-corrected chi connectivity index (χ4v) is 2.04. The number of hydrogen-bond donors (Lipinski definition) is 2. The number of nitrogen functional groups attached to an aromatic ring is 1. The molecule has 0 saturated carbocycles. The van der Waals surface area contributed by atoms with Crippen molar-refractivity contribution in [2.24, 2.45) is 0 Å². The number of anilines is 2. The summed E-state index contributed by atoms with van der Waals surface area (Å²) in [6.45, 7) is 4.20. The number of pyridine rings is 1. The van der Waals surface area contributed by atoms with Gasteiger partial charge in [-0.2, -0.15) is 0 Å². The summed E-state index contributed by atoms with van der Waals surface area (Å²) in [4.78, 5) is 16.0. The summed E-state index contributed by atoms with van der Waals surface area (Å²) in [5.41, 5.74) is 7.87. The highest BCUT2D eigenvalue weighted by atomic mass is 35.5. The van der Waals surface area contributed by atoms with Gasteiger partial charge in [0.05, 0.1) is 0 Å². The van der Waals surface area contributed by atoms with Gasteiger partial charge in [0.25, 0.3) is 5.91 Å². The van der Waals surface area contributed by atoms with Crippen LogP contribution >= 0.6 is 11.6 Å². The van der Waals surface area contributed by atoms with E-state index in [0.29, 0.717) is 11.5 Å². The molecule has 20 heavy (non-hydrogen) atoms. The fourth-order valence-electron chi connectivity index (χ4n) is 1.83. The maximum atomic E-state index is 12.1. The predicted octanol–water partition coefficient (Wildman–Crippen LogP) is 3.69. The number of carbonyl (C=O) groups excluding carboxylic acids is 1. The molecule has 1 heterocycles. The Labute approximate surface area is 123 Å². The number of nitrogens with two attached hydrogens (primary N) is 1. The Morgan fingerprint density at radius 3 is 2.70 bits per heavy atom. The SMILES string of the molecule is CC(C)c1cccc(NC(=O)c2cc(N)nc(Cl)c2)c1. The Bertz CT molecular complexity index is 621. The lowest BCUT2D eigenvalue weighted by Crippen LogP contribution is -2.13. The minimum Gasteiger partial charge on any atom is -0.384 e. The maximum Gasteiger partial charge on any atom is 0.255 e. The van der Waals surface area contributed by atoms with Crippen LogP contribution < -0.4 is 11.1 Å². The van der Waals surface area contributed by atoms with E-state index in [0.717, 1.165) is 11.3 Å². The molecule has 0 saturated heterocycles. The van der Waals surface area contributed by atoms with Crippen molar-refractivity contribution in [1.82, 2.24) is 4.98 Å². The molecule has 0 unspecified atom stereocenters. The number of amides is 1. The van der Waals surface area contributed by atoms with Gasteiger partial charge >= 0.3 is 0 Å². The molecule has 0 radical (unpaired) electrons. The van der Waals surface area contributed by atoms with Crippen molar-refractivity contribution in [2.75, 3.05) is 11.1 Å². The van der Waals surface area contributed by atoms with E-state index in [1.165, 1.54) is 12.1 Å². The summed E-state index contributed by atoms with van der Waals surface area (Å²) < 4.78 is 0. The molecule has 1 aromatic carbocycles. The molecule has 104 valence electrons. The summed E-state index contributed by atoms with van der Waals surface area (Å²) in [6, 6.07) is 10.7. The molecular formula is C15H16ClN3O. The normalized spacial score (nSPS) is 10.6. The molecule has 0 aliphatic rings.